The van der Waals surface area contributed by atoms with Crippen LogP contribution in [0.5, 0.6) is 11.5 Å². The number of rotatable bonds is 7. The first-order chi connectivity index (χ1) is 12.4. The van der Waals surface area contributed by atoms with Crippen molar-refractivity contribution in [2.24, 2.45) is 0 Å². The minimum absolute atomic E-state index is 0.264. The molecular weight excluding hydrogens is 314 g/mol. The van der Waals surface area contributed by atoms with Crippen molar-refractivity contribution in [1.82, 2.24) is 5.32 Å². The van der Waals surface area contributed by atoms with Gasteiger partial charge >= 0.3 is 0 Å². The van der Waals surface area contributed by atoms with E-state index in [1.165, 1.54) is 11.1 Å². The third-order valence-corrected chi connectivity index (χ3v) is 4.46. The van der Waals surface area contributed by atoms with Gasteiger partial charge in [0.1, 0.15) is 5.76 Å². The molecule has 128 valence electrons. The van der Waals surface area contributed by atoms with Crippen LogP contribution in [-0.4, -0.2) is 13.3 Å². The van der Waals surface area contributed by atoms with Gasteiger partial charge in [0.25, 0.3) is 0 Å². The quantitative estimate of drug-likeness (QED) is 0.653. The van der Waals surface area contributed by atoms with Crippen LogP contribution in [0.2, 0.25) is 0 Å². The third-order valence-electron chi connectivity index (χ3n) is 4.46. The van der Waals surface area contributed by atoms with Gasteiger partial charge in [-0.15, -0.1) is 0 Å². The molecule has 0 bridgehead atoms. The normalized spacial score (nSPS) is 13.8. The van der Waals surface area contributed by atoms with Crippen molar-refractivity contribution in [2.45, 2.75) is 18.9 Å². The summed E-state index contributed by atoms with van der Waals surface area (Å²) in [7, 11) is 0. The predicted octanol–water partition coefficient (Wildman–Crippen LogP) is 4.32. The molecule has 0 saturated carbocycles. The molecule has 1 atom stereocenters. The fourth-order valence-electron chi connectivity index (χ4n) is 3.18. The molecule has 1 aliphatic heterocycles. The Morgan fingerprint density at radius 3 is 2.64 bits per heavy atom. The molecule has 4 rings (SSSR count). The minimum atomic E-state index is 0.264. The highest BCUT2D eigenvalue weighted by Gasteiger charge is 2.16. The minimum Gasteiger partial charge on any atom is -0.469 e. The molecule has 0 aliphatic carbocycles. The lowest BCUT2D eigenvalue weighted by molar-refractivity contribution is 0.174. The number of nitrogens with one attached hydrogen (secondary N) is 1. The Hall–Kier alpha value is -2.72. The maximum atomic E-state index is 5.66. The molecule has 2 aromatic carbocycles. The number of ether oxygens (including phenoxy) is 2. The van der Waals surface area contributed by atoms with E-state index < -0.39 is 0 Å². The standard InChI is InChI=1S/C21H21NO3/c1-2-5-17(6-3-1)18(19-7-4-12-23-19)10-11-22-14-16-8-9-20-21(13-16)25-15-24-20/h1-9,12-13,18,22H,10-11,14-15H2. The van der Waals surface area contributed by atoms with Crippen molar-refractivity contribution < 1.29 is 13.9 Å². The molecule has 1 aromatic heterocycles. The zero-order chi connectivity index (χ0) is 16.9. The molecule has 1 aliphatic rings. The van der Waals surface area contributed by atoms with Crippen LogP contribution in [0.1, 0.15) is 29.2 Å². The zero-order valence-corrected chi connectivity index (χ0v) is 14.0. The smallest absolute Gasteiger partial charge is 0.231 e. The lowest BCUT2D eigenvalue weighted by Gasteiger charge is -2.15. The second kappa shape index (κ2) is 7.45. The van der Waals surface area contributed by atoms with Crippen molar-refractivity contribution in [1.29, 1.82) is 0 Å². The molecule has 2 heterocycles. The maximum Gasteiger partial charge on any atom is 0.231 e. The number of furan rings is 1. The Morgan fingerprint density at radius 1 is 0.920 bits per heavy atom. The molecule has 0 radical (unpaired) electrons. The molecule has 3 aromatic rings. The molecule has 0 fully saturated rings. The van der Waals surface area contributed by atoms with E-state index in [-0.39, 0.29) is 5.92 Å². The molecule has 0 spiro atoms. The molecule has 4 nitrogen and oxygen atoms in total. The highest BCUT2D eigenvalue weighted by molar-refractivity contribution is 5.44. The molecule has 0 amide bonds. The van der Waals surface area contributed by atoms with Crippen LogP contribution < -0.4 is 14.8 Å². The fraction of sp³-hybridized carbons (Fsp3) is 0.238. The first-order valence-electron chi connectivity index (χ1n) is 8.58. The van der Waals surface area contributed by atoms with Crippen molar-refractivity contribution in [3.8, 4) is 11.5 Å². The summed E-state index contributed by atoms with van der Waals surface area (Å²) in [6.07, 6.45) is 2.72. The topological polar surface area (TPSA) is 43.6 Å². The van der Waals surface area contributed by atoms with E-state index in [1.54, 1.807) is 6.26 Å². The Labute approximate surface area is 147 Å². The summed E-state index contributed by atoms with van der Waals surface area (Å²) in [4.78, 5) is 0. The summed E-state index contributed by atoms with van der Waals surface area (Å²) in [6.45, 7) is 2.01. The average molecular weight is 335 g/mol. The zero-order valence-electron chi connectivity index (χ0n) is 14.0. The first-order valence-corrected chi connectivity index (χ1v) is 8.58. The van der Waals surface area contributed by atoms with E-state index in [0.717, 1.165) is 36.8 Å². The Bertz CT molecular complexity index is 799. The van der Waals surface area contributed by atoms with Crippen LogP contribution in [0.25, 0.3) is 0 Å². The monoisotopic (exact) mass is 335 g/mol. The van der Waals surface area contributed by atoms with Crippen LogP contribution in [0.3, 0.4) is 0 Å². The Balaban J connectivity index is 1.36. The van der Waals surface area contributed by atoms with E-state index in [0.29, 0.717) is 6.79 Å². The van der Waals surface area contributed by atoms with Gasteiger partial charge in [0.05, 0.1) is 6.26 Å². The van der Waals surface area contributed by atoms with Gasteiger partial charge < -0.3 is 19.2 Å². The second-order valence-corrected chi connectivity index (χ2v) is 6.13. The lowest BCUT2D eigenvalue weighted by atomic mass is 9.93. The van der Waals surface area contributed by atoms with E-state index >= 15 is 0 Å². The van der Waals surface area contributed by atoms with Crippen LogP contribution in [0.4, 0.5) is 0 Å². The van der Waals surface area contributed by atoms with Gasteiger partial charge in [-0.3, -0.25) is 0 Å². The molecule has 0 saturated heterocycles. The highest BCUT2D eigenvalue weighted by atomic mass is 16.7. The number of benzene rings is 2. The highest BCUT2D eigenvalue weighted by Crippen LogP contribution is 2.32. The van der Waals surface area contributed by atoms with Crippen molar-refractivity contribution in [3.63, 3.8) is 0 Å². The SMILES string of the molecule is c1ccc(C(CCNCc2ccc3c(c2)OCO3)c2ccco2)cc1. The van der Waals surface area contributed by atoms with Crippen molar-refractivity contribution in [2.75, 3.05) is 13.3 Å². The molecule has 1 N–H and O–H groups in total. The summed E-state index contributed by atoms with van der Waals surface area (Å²) in [5.74, 6) is 2.93. The van der Waals surface area contributed by atoms with Crippen molar-refractivity contribution >= 4 is 0 Å². The summed E-state index contributed by atoms with van der Waals surface area (Å²) in [5.41, 5.74) is 2.47. The third kappa shape index (κ3) is 3.69. The van der Waals surface area contributed by atoms with Gasteiger partial charge in [0.2, 0.25) is 6.79 Å². The van der Waals surface area contributed by atoms with Gasteiger partial charge in [0, 0.05) is 12.5 Å². The average Bonchev–Trinajstić information content (AvgIpc) is 3.34. The lowest BCUT2D eigenvalue weighted by Crippen LogP contribution is -2.17. The van der Waals surface area contributed by atoms with Crippen molar-refractivity contribution in [3.05, 3.63) is 83.8 Å². The predicted molar refractivity (Wildman–Crippen MR) is 95.9 cm³/mol. The molecule has 1 unspecified atom stereocenters. The van der Waals surface area contributed by atoms with Crippen LogP contribution in [0.15, 0.2) is 71.3 Å². The van der Waals surface area contributed by atoms with E-state index in [1.807, 2.05) is 24.3 Å². The molecule has 4 heteroatoms. The van der Waals surface area contributed by atoms with Crippen LogP contribution in [-0.2, 0) is 6.54 Å². The van der Waals surface area contributed by atoms with Gasteiger partial charge in [-0.25, -0.2) is 0 Å². The number of fused-ring (bicyclic) bond motifs is 1. The summed E-state index contributed by atoms with van der Waals surface area (Å²) >= 11 is 0. The van der Waals surface area contributed by atoms with Gasteiger partial charge in [-0.2, -0.15) is 0 Å². The van der Waals surface area contributed by atoms with Gasteiger partial charge in [0.15, 0.2) is 11.5 Å². The van der Waals surface area contributed by atoms with Crippen LogP contribution >= 0.6 is 0 Å². The molecule has 25 heavy (non-hydrogen) atoms. The number of hydrogen-bond acceptors (Lipinski definition) is 4. The Morgan fingerprint density at radius 2 is 1.80 bits per heavy atom. The first kappa shape index (κ1) is 15.8. The summed E-state index contributed by atoms with van der Waals surface area (Å²) in [6, 6.07) is 20.6. The van der Waals surface area contributed by atoms with Crippen LogP contribution in [0, 0.1) is 0 Å². The largest absolute Gasteiger partial charge is 0.469 e. The second-order valence-electron chi connectivity index (χ2n) is 6.13. The number of hydrogen-bond donors (Lipinski definition) is 1. The van der Waals surface area contributed by atoms with Gasteiger partial charge in [-0.1, -0.05) is 36.4 Å². The maximum absolute atomic E-state index is 5.66. The molecular formula is C21H21NO3. The summed E-state index contributed by atoms with van der Waals surface area (Å²) < 4.78 is 16.4. The fourth-order valence-corrected chi connectivity index (χ4v) is 3.18. The summed E-state index contributed by atoms with van der Waals surface area (Å²) in [5, 5.41) is 3.52. The van der Waals surface area contributed by atoms with Gasteiger partial charge in [-0.05, 0) is 48.4 Å². The Kier molecular flexibility index (Phi) is 4.70. The van der Waals surface area contributed by atoms with E-state index in [4.69, 9.17) is 13.9 Å². The van der Waals surface area contributed by atoms with E-state index in [2.05, 4.69) is 41.7 Å². The van der Waals surface area contributed by atoms with E-state index in [9.17, 15) is 0 Å².